The second-order valence-electron chi connectivity index (χ2n) is 9.54. The lowest BCUT2D eigenvalue weighted by atomic mass is 10.0. The molecule has 8 nitrogen and oxygen atoms in total. The molecule has 0 unspecified atom stereocenters. The molecule has 1 fully saturated rings. The van der Waals surface area contributed by atoms with Crippen LogP contribution in [0.1, 0.15) is 35.3 Å². The van der Waals surface area contributed by atoms with E-state index in [9.17, 15) is 22.8 Å². The number of aldehydes is 1. The van der Waals surface area contributed by atoms with Gasteiger partial charge in [-0.05, 0) is 62.5 Å². The van der Waals surface area contributed by atoms with Crippen LogP contribution in [0.25, 0.3) is 0 Å². The van der Waals surface area contributed by atoms with E-state index in [1.807, 2.05) is 0 Å². The number of alkyl halides is 3. The summed E-state index contributed by atoms with van der Waals surface area (Å²) < 4.78 is 66.2. The minimum Gasteiger partial charge on any atom is -0.461 e. The Balaban J connectivity index is 1.86. The molecule has 214 valence electrons. The van der Waals surface area contributed by atoms with Gasteiger partial charge >= 0.3 is 12.1 Å². The highest BCUT2D eigenvalue weighted by Crippen LogP contribution is 2.35. The second kappa shape index (κ2) is 12.7. The fourth-order valence-electron chi connectivity index (χ4n) is 4.05. The number of halogens is 4. The van der Waals surface area contributed by atoms with Crippen molar-refractivity contribution in [1.29, 1.82) is 5.26 Å². The number of hydrogen-bond acceptors (Lipinski definition) is 7. The number of carbonyl (C=O) groups is 2. The van der Waals surface area contributed by atoms with Crippen LogP contribution in [0.15, 0.2) is 36.4 Å². The van der Waals surface area contributed by atoms with E-state index in [0.29, 0.717) is 39.1 Å². The van der Waals surface area contributed by atoms with Gasteiger partial charge in [0.1, 0.15) is 18.7 Å². The number of carbonyl (C=O) groups excluding carboxylic acids is 2. The summed E-state index contributed by atoms with van der Waals surface area (Å²) >= 11 is 5.54. The maximum absolute atomic E-state index is 15.1. The third kappa shape index (κ3) is 7.12. The van der Waals surface area contributed by atoms with Crippen molar-refractivity contribution in [3.8, 4) is 6.07 Å². The van der Waals surface area contributed by atoms with Crippen molar-refractivity contribution < 1.29 is 36.6 Å². The highest BCUT2D eigenvalue weighted by Gasteiger charge is 2.36. The molecule has 1 heterocycles. The minimum absolute atomic E-state index is 0.0102. The number of ether oxygens (including phenoxy) is 2. The van der Waals surface area contributed by atoms with Gasteiger partial charge in [0.05, 0.1) is 41.5 Å². The summed E-state index contributed by atoms with van der Waals surface area (Å²) in [4.78, 5) is 29.0. The molecule has 13 heteroatoms. The van der Waals surface area contributed by atoms with Gasteiger partial charge < -0.3 is 24.1 Å². The average Bonchev–Trinajstić information content (AvgIpc) is 2.92. The Hall–Kier alpha value is -3.60. The first-order valence-electron chi connectivity index (χ1n) is 12.2. The lowest BCUT2D eigenvalue weighted by Gasteiger charge is -2.39. The van der Waals surface area contributed by atoms with Crippen LogP contribution in [0.5, 0.6) is 0 Å². The van der Waals surface area contributed by atoms with Crippen LogP contribution >= 0.6 is 12.2 Å². The standard InChI is InChI=1S/C27H28F4N4O4S/c1-26(2,17-36)35(25(40)33(3)19-5-4-18(16-32)22(14-19)27(29,30)31)20-6-7-21(23(28)15-20)24(37)39-13-10-34-8-11-38-12-9-34/h4-7,14-15,17H,8-13H2,1-3H3. The number of esters is 1. The molecule has 2 aromatic rings. The van der Waals surface area contributed by atoms with Gasteiger partial charge in [0, 0.05) is 38.1 Å². The molecule has 40 heavy (non-hydrogen) atoms. The van der Waals surface area contributed by atoms with Gasteiger partial charge in [0.15, 0.2) is 5.11 Å². The van der Waals surface area contributed by atoms with Crippen molar-refractivity contribution >= 4 is 41.0 Å². The van der Waals surface area contributed by atoms with E-state index in [0.717, 1.165) is 18.2 Å². The predicted molar refractivity (Wildman–Crippen MR) is 144 cm³/mol. The molecular formula is C27H28F4N4O4S. The molecule has 1 aliphatic heterocycles. The molecular weight excluding hydrogens is 552 g/mol. The largest absolute Gasteiger partial charge is 0.461 e. The molecule has 1 saturated heterocycles. The fraction of sp³-hybridized carbons (Fsp3) is 0.407. The van der Waals surface area contributed by atoms with Crippen molar-refractivity contribution in [2.45, 2.75) is 25.6 Å². The number of hydrogen-bond donors (Lipinski definition) is 0. The summed E-state index contributed by atoms with van der Waals surface area (Å²) in [6.07, 6.45) is -4.24. The van der Waals surface area contributed by atoms with Gasteiger partial charge in [-0.3, -0.25) is 4.90 Å². The Kier molecular flexibility index (Phi) is 9.83. The molecule has 0 spiro atoms. The van der Waals surface area contributed by atoms with E-state index < -0.39 is 34.6 Å². The minimum atomic E-state index is -4.79. The number of rotatable bonds is 8. The summed E-state index contributed by atoms with van der Waals surface area (Å²) in [6.45, 7) is 6.10. The van der Waals surface area contributed by atoms with Crippen LogP contribution in [-0.4, -0.2) is 74.3 Å². The van der Waals surface area contributed by atoms with Crippen LogP contribution in [-0.2, 0) is 20.4 Å². The highest BCUT2D eigenvalue weighted by atomic mass is 32.1. The van der Waals surface area contributed by atoms with Gasteiger partial charge in [0.25, 0.3) is 0 Å². The van der Waals surface area contributed by atoms with Crippen molar-refractivity contribution in [1.82, 2.24) is 4.90 Å². The first kappa shape index (κ1) is 30.9. The number of anilines is 2. The zero-order chi connectivity index (χ0) is 29.7. The molecule has 2 aromatic carbocycles. The highest BCUT2D eigenvalue weighted by molar-refractivity contribution is 7.80. The number of morpholine rings is 1. The summed E-state index contributed by atoms with van der Waals surface area (Å²) in [6, 6.07) is 8.15. The molecule has 3 rings (SSSR count). The molecule has 0 aromatic heterocycles. The van der Waals surface area contributed by atoms with Crippen molar-refractivity contribution in [2.75, 3.05) is 56.3 Å². The van der Waals surface area contributed by atoms with Gasteiger partial charge in [-0.1, -0.05) is 0 Å². The summed E-state index contributed by atoms with van der Waals surface area (Å²) in [5.41, 5.74) is -3.32. The molecule has 0 radical (unpaired) electrons. The molecule has 0 saturated carbocycles. The monoisotopic (exact) mass is 580 g/mol. The first-order valence-corrected chi connectivity index (χ1v) is 12.6. The lowest BCUT2D eigenvalue weighted by molar-refractivity contribution is -0.137. The van der Waals surface area contributed by atoms with Crippen LogP contribution in [0.4, 0.5) is 28.9 Å². The van der Waals surface area contributed by atoms with Crippen LogP contribution in [0, 0.1) is 17.1 Å². The van der Waals surface area contributed by atoms with Gasteiger partial charge in [0.2, 0.25) is 0 Å². The average molecular weight is 581 g/mol. The Labute approximate surface area is 234 Å². The fourth-order valence-corrected chi connectivity index (χ4v) is 4.50. The molecule has 0 aliphatic carbocycles. The zero-order valence-corrected chi connectivity index (χ0v) is 22.9. The van der Waals surface area contributed by atoms with Gasteiger partial charge in [-0.15, -0.1) is 0 Å². The third-order valence-corrected chi connectivity index (χ3v) is 6.79. The van der Waals surface area contributed by atoms with E-state index in [1.165, 1.54) is 55.0 Å². The third-order valence-electron chi connectivity index (χ3n) is 6.33. The smallest absolute Gasteiger partial charge is 0.417 e. The summed E-state index contributed by atoms with van der Waals surface area (Å²) in [7, 11) is 1.38. The maximum atomic E-state index is 15.1. The topological polar surface area (TPSA) is 86.1 Å². The van der Waals surface area contributed by atoms with Crippen molar-refractivity contribution in [2.24, 2.45) is 0 Å². The zero-order valence-electron chi connectivity index (χ0n) is 22.1. The van der Waals surface area contributed by atoms with E-state index in [1.54, 1.807) is 0 Å². The van der Waals surface area contributed by atoms with Crippen LogP contribution in [0.3, 0.4) is 0 Å². The maximum Gasteiger partial charge on any atom is 0.417 e. The van der Waals surface area contributed by atoms with Gasteiger partial charge in [-0.2, -0.15) is 18.4 Å². The Morgan fingerprint density at radius 1 is 1.18 bits per heavy atom. The number of nitriles is 1. The number of nitrogens with zero attached hydrogens (tertiary/aromatic N) is 4. The van der Waals surface area contributed by atoms with Crippen molar-refractivity contribution in [3.05, 3.63) is 58.9 Å². The Bertz CT molecular complexity index is 1310. The van der Waals surface area contributed by atoms with E-state index in [4.69, 9.17) is 27.0 Å². The molecule has 1 aliphatic rings. The van der Waals surface area contributed by atoms with E-state index in [2.05, 4.69) is 4.90 Å². The quantitative estimate of drug-likeness (QED) is 0.195. The lowest BCUT2D eigenvalue weighted by Crippen LogP contribution is -2.54. The molecule has 0 atom stereocenters. The summed E-state index contributed by atoms with van der Waals surface area (Å²) in [5.74, 6) is -1.79. The predicted octanol–water partition coefficient (Wildman–Crippen LogP) is 4.41. The van der Waals surface area contributed by atoms with Crippen LogP contribution in [0.2, 0.25) is 0 Å². The number of thiocarbonyl (C=S) groups is 1. The van der Waals surface area contributed by atoms with Crippen molar-refractivity contribution in [3.63, 3.8) is 0 Å². The SMILES string of the molecule is CN(C(=S)N(c1ccc(C(=O)OCCN2CCOCC2)c(F)c1)C(C)(C)C=O)c1ccc(C#N)c(C(F)(F)F)c1. The molecule has 0 N–H and O–H groups in total. The Morgan fingerprint density at radius 2 is 1.82 bits per heavy atom. The van der Waals surface area contributed by atoms with E-state index in [-0.39, 0.29) is 28.7 Å². The summed E-state index contributed by atoms with van der Waals surface area (Å²) in [5, 5.41) is 8.95. The Morgan fingerprint density at radius 3 is 2.40 bits per heavy atom. The van der Waals surface area contributed by atoms with Gasteiger partial charge in [-0.25, -0.2) is 9.18 Å². The van der Waals surface area contributed by atoms with Crippen LogP contribution < -0.4 is 9.80 Å². The normalized spacial score (nSPS) is 14.2. The second-order valence-corrected chi connectivity index (χ2v) is 9.91. The first-order chi connectivity index (χ1) is 18.8. The molecule has 0 amide bonds. The molecule has 0 bridgehead atoms. The van der Waals surface area contributed by atoms with E-state index >= 15 is 4.39 Å². The number of benzene rings is 2.